The van der Waals surface area contributed by atoms with Crippen LogP contribution in [0.3, 0.4) is 0 Å². The average Bonchev–Trinajstić information content (AvgIpc) is 3.21. The number of hydrazine groups is 2. The molecule has 4 rings (SSSR count). The number of nitrogens with one attached hydrogen (secondary N) is 3. The Balaban J connectivity index is 1.45. The van der Waals surface area contributed by atoms with Gasteiger partial charge in [0.1, 0.15) is 12.2 Å². The number of aliphatic imine (C=N–C) groups is 1. The van der Waals surface area contributed by atoms with Crippen molar-refractivity contribution in [2.75, 3.05) is 26.7 Å². The number of aliphatic hydroxyl groups is 1. The molecule has 1 aromatic rings. The summed E-state index contributed by atoms with van der Waals surface area (Å²) in [7, 11) is 2.10. The van der Waals surface area contributed by atoms with Gasteiger partial charge in [-0.05, 0) is 44.7 Å². The van der Waals surface area contributed by atoms with E-state index in [1.165, 1.54) is 37.1 Å². The lowest BCUT2D eigenvalue weighted by atomic mass is 9.79. The molecule has 0 aromatic carbocycles. The van der Waals surface area contributed by atoms with E-state index < -0.39 is 0 Å². The summed E-state index contributed by atoms with van der Waals surface area (Å²) < 4.78 is 0. The summed E-state index contributed by atoms with van der Waals surface area (Å²) in [4.78, 5) is 9.86. The Hall–Kier alpha value is -1.83. The molecular weight excluding hydrogens is 304 g/mol. The Kier molecular flexibility index (Phi) is 4.30. The fourth-order valence-electron chi connectivity index (χ4n) is 4.13. The number of rotatable bonds is 5. The van der Waals surface area contributed by atoms with Crippen molar-refractivity contribution >= 4 is 17.9 Å². The average molecular weight is 330 g/mol. The maximum absolute atomic E-state index is 9.04. The minimum Gasteiger partial charge on any atom is -0.395 e. The molecule has 3 aliphatic rings. The SMILES string of the molecule is CN(CCO)CC1CCC(C2=C3c4cc[nH]c4N=CN3NN2)CC1. The third-order valence-corrected chi connectivity index (χ3v) is 5.40. The van der Waals surface area contributed by atoms with Gasteiger partial charge >= 0.3 is 0 Å². The molecular formula is C17H26N6O. The number of fused-ring (bicyclic) bond motifs is 3. The standard InChI is InChI=1S/C17H26N6O/c1-22(8-9-24)10-12-2-4-13(5-3-12)15-16-14-6-7-18-17(14)19-11-23(16)21-20-15/h6-7,11-13,18,20-21,24H,2-5,8-10H2,1H3. The van der Waals surface area contributed by atoms with E-state index in [9.17, 15) is 0 Å². The molecule has 1 fully saturated rings. The van der Waals surface area contributed by atoms with Gasteiger partial charge in [-0.15, -0.1) is 5.53 Å². The molecule has 0 amide bonds. The molecule has 7 nitrogen and oxygen atoms in total. The van der Waals surface area contributed by atoms with Gasteiger partial charge in [-0.1, -0.05) is 0 Å². The van der Waals surface area contributed by atoms with Crippen LogP contribution in [0.1, 0.15) is 31.2 Å². The fourth-order valence-corrected chi connectivity index (χ4v) is 4.13. The second-order valence-electron chi connectivity index (χ2n) is 7.06. The lowest BCUT2D eigenvalue weighted by molar-refractivity contribution is 0.176. The second-order valence-corrected chi connectivity index (χ2v) is 7.06. The number of likely N-dealkylation sites (N-methyl/N-ethyl adjacent to an activating group) is 1. The van der Waals surface area contributed by atoms with Crippen molar-refractivity contribution in [3.8, 4) is 0 Å². The molecule has 7 heteroatoms. The van der Waals surface area contributed by atoms with E-state index in [4.69, 9.17) is 5.11 Å². The molecule has 0 bridgehead atoms. The van der Waals surface area contributed by atoms with Crippen molar-refractivity contribution in [1.82, 2.24) is 25.9 Å². The lowest BCUT2D eigenvalue weighted by Crippen LogP contribution is -2.38. The summed E-state index contributed by atoms with van der Waals surface area (Å²) in [5.74, 6) is 2.24. The van der Waals surface area contributed by atoms with E-state index in [0.717, 1.165) is 30.4 Å². The van der Waals surface area contributed by atoms with E-state index in [-0.39, 0.29) is 6.61 Å². The van der Waals surface area contributed by atoms with Crippen molar-refractivity contribution in [3.63, 3.8) is 0 Å². The Morgan fingerprint density at radius 3 is 2.96 bits per heavy atom. The number of H-pyrrole nitrogens is 1. The summed E-state index contributed by atoms with van der Waals surface area (Å²) >= 11 is 0. The van der Waals surface area contributed by atoms with Gasteiger partial charge in [0, 0.05) is 30.8 Å². The predicted molar refractivity (Wildman–Crippen MR) is 94.0 cm³/mol. The summed E-state index contributed by atoms with van der Waals surface area (Å²) in [6.45, 7) is 2.10. The molecule has 3 heterocycles. The summed E-state index contributed by atoms with van der Waals surface area (Å²) in [5.41, 5.74) is 10.3. The van der Waals surface area contributed by atoms with Gasteiger partial charge in [0.15, 0.2) is 0 Å². The smallest absolute Gasteiger partial charge is 0.141 e. The molecule has 1 aromatic heterocycles. The minimum atomic E-state index is 0.244. The zero-order valence-electron chi connectivity index (χ0n) is 14.1. The molecule has 130 valence electrons. The fraction of sp³-hybridized carbons (Fsp3) is 0.588. The van der Waals surface area contributed by atoms with Crippen molar-refractivity contribution in [2.24, 2.45) is 16.8 Å². The molecule has 0 unspecified atom stereocenters. The first kappa shape index (κ1) is 15.7. The lowest BCUT2D eigenvalue weighted by Gasteiger charge is -2.31. The van der Waals surface area contributed by atoms with Crippen LogP contribution in [0.15, 0.2) is 23.0 Å². The van der Waals surface area contributed by atoms with Crippen LogP contribution in [0.4, 0.5) is 5.82 Å². The largest absolute Gasteiger partial charge is 0.395 e. The van der Waals surface area contributed by atoms with Gasteiger partial charge in [-0.3, -0.25) is 0 Å². The first-order valence-electron chi connectivity index (χ1n) is 8.82. The van der Waals surface area contributed by atoms with Crippen LogP contribution in [0.25, 0.3) is 5.70 Å². The molecule has 0 spiro atoms. The van der Waals surface area contributed by atoms with Gasteiger partial charge < -0.3 is 20.4 Å². The van der Waals surface area contributed by atoms with Gasteiger partial charge in [0.2, 0.25) is 0 Å². The molecule has 4 N–H and O–H groups in total. The highest BCUT2D eigenvalue weighted by Gasteiger charge is 2.34. The predicted octanol–water partition coefficient (Wildman–Crippen LogP) is 1.41. The van der Waals surface area contributed by atoms with Crippen molar-refractivity contribution in [2.45, 2.75) is 25.7 Å². The Morgan fingerprint density at radius 1 is 1.33 bits per heavy atom. The Labute approximate surface area is 142 Å². The van der Waals surface area contributed by atoms with Crippen LogP contribution in [0.2, 0.25) is 0 Å². The normalized spacial score (nSPS) is 25.9. The van der Waals surface area contributed by atoms with Crippen LogP contribution in [-0.4, -0.2) is 53.1 Å². The van der Waals surface area contributed by atoms with E-state index in [2.05, 4.69) is 39.0 Å². The maximum Gasteiger partial charge on any atom is 0.141 e. The van der Waals surface area contributed by atoms with Crippen LogP contribution in [0.5, 0.6) is 0 Å². The Morgan fingerprint density at radius 2 is 2.17 bits per heavy atom. The number of hydrogen-bond acceptors (Lipinski definition) is 6. The molecule has 1 aliphatic carbocycles. The first-order chi connectivity index (χ1) is 11.8. The summed E-state index contributed by atoms with van der Waals surface area (Å²) in [6.07, 6.45) is 8.66. The third kappa shape index (κ3) is 2.83. The molecule has 0 atom stereocenters. The van der Waals surface area contributed by atoms with Crippen LogP contribution < -0.4 is 11.0 Å². The van der Waals surface area contributed by atoms with Gasteiger partial charge in [0.05, 0.1) is 18.0 Å². The molecule has 0 saturated heterocycles. The molecule has 2 aliphatic heterocycles. The number of allylic oxidation sites excluding steroid dienone is 1. The summed E-state index contributed by atoms with van der Waals surface area (Å²) in [6, 6.07) is 2.10. The second kappa shape index (κ2) is 6.58. The van der Waals surface area contributed by atoms with E-state index in [0.29, 0.717) is 5.92 Å². The highest BCUT2D eigenvalue weighted by molar-refractivity contribution is 5.87. The number of nitrogens with zero attached hydrogens (tertiary/aromatic N) is 3. The van der Waals surface area contributed by atoms with Gasteiger partial charge in [0.25, 0.3) is 0 Å². The van der Waals surface area contributed by atoms with Gasteiger partial charge in [-0.2, -0.15) is 0 Å². The molecule has 1 saturated carbocycles. The first-order valence-corrected chi connectivity index (χ1v) is 8.82. The van der Waals surface area contributed by atoms with Crippen molar-refractivity contribution in [3.05, 3.63) is 23.5 Å². The zero-order chi connectivity index (χ0) is 16.5. The van der Waals surface area contributed by atoms with Gasteiger partial charge in [-0.25, -0.2) is 10.0 Å². The van der Waals surface area contributed by atoms with Crippen molar-refractivity contribution in [1.29, 1.82) is 0 Å². The van der Waals surface area contributed by atoms with Crippen molar-refractivity contribution < 1.29 is 5.11 Å². The quantitative estimate of drug-likeness (QED) is 0.657. The third-order valence-electron chi connectivity index (χ3n) is 5.40. The monoisotopic (exact) mass is 330 g/mol. The zero-order valence-corrected chi connectivity index (χ0v) is 14.1. The van der Waals surface area contributed by atoms with E-state index in [1.54, 1.807) is 0 Å². The number of aromatic nitrogens is 1. The molecule has 0 radical (unpaired) electrons. The molecule has 24 heavy (non-hydrogen) atoms. The summed E-state index contributed by atoms with van der Waals surface area (Å²) in [5, 5.41) is 11.0. The van der Waals surface area contributed by atoms with E-state index >= 15 is 0 Å². The van der Waals surface area contributed by atoms with Crippen LogP contribution in [0, 0.1) is 11.8 Å². The maximum atomic E-state index is 9.04. The van der Waals surface area contributed by atoms with Crippen LogP contribution >= 0.6 is 0 Å². The van der Waals surface area contributed by atoms with Crippen LogP contribution in [-0.2, 0) is 0 Å². The number of hydrogen-bond donors (Lipinski definition) is 4. The number of aliphatic hydroxyl groups excluding tert-OH is 1. The Bertz CT molecular complexity index is 643. The highest BCUT2D eigenvalue weighted by Crippen LogP contribution is 2.40. The highest BCUT2D eigenvalue weighted by atomic mass is 16.3. The topological polar surface area (TPSA) is 78.9 Å². The minimum absolute atomic E-state index is 0.244. The number of aromatic amines is 1. The van der Waals surface area contributed by atoms with E-state index in [1.807, 2.05) is 17.5 Å².